The van der Waals surface area contributed by atoms with E-state index in [2.05, 4.69) is 19.2 Å². The van der Waals surface area contributed by atoms with Crippen LogP contribution in [-0.2, 0) is 0 Å². The molecule has 108 valence electrons. The quantitative estimate of drug-likeness (QED) is 0.891. The first kappa shape index (κ1) is 14.4. The fourth-order valence-electron chi connectivity index (χ4n) is 2.41. The molecule has 1 aliphatic rings. The van der Waals surface area contributed by atoms with Gasteiger partial charge in [0.25, 0.3) is 0 Å². The van der Waals surface area contributed by atoms with Crippen LogP contribution in [0.1, 0.15) is 30.6 Å². The molecule has 1 fully saturated rings. The molecule has 20 heavy (non-hydrogen) atoms. The Morgan fingerprint density at radius 1 is 1.30 bits per heavy atom. The lowest BCUT2D eigenvalue weighted by Crippen LogP contribution is -2.33. The maximum atomic E-state index is 12.1. The Morgan fingerprint density at radius 2 is 1.95 bits per heavy atom. The smallest absolute Gasteiger partial charge is 0.335 e. The maximum absolute atomic E-state index is 12.1. The second-order valence-electron chi connectivity index (χ2n) is 5.55. The lowest BCUT2D eigenvalue weighted by Gasteiger charge is -2.18. The number of amides is 2. The Morgan fingerprint density at radius 3 is 2.45 bits per heavy atom. The van der Waals surface area contributed by atoms with Crippen LogP contribution in [0, 0.1) is 11.8 Å². The zero-order chi connectivity index (χ0) is 14.7. The summed E-state index contributed by atoms with van der Waals surface area (Å²) in [4.78, 5) is 24.7. The molecule has 0 aromatic heterocycles. The van der Waals surface area contributed by atoms with Crippen LogP contribution in [0.2, 0.25) is 0 Å². The van der Waals surface area contributed by atoms with Crippen molar-refractivity contribution in [3.05, 3.63) is 29.8 Å². The highest BCUT2D eigenvalue weighted by atomic mass is 16.4. The summed E-state index contributed by atoms with van der Waals surface area (Å²) in [5.74, 6) is 0.181. The van der Waals surface area contributed by atoms with Gasteiger partial charge in [0.2, 0.25) is 0 Å². The third kappa shape index (κ3) is 3.29. The summed E-state index contributed by atoms with van der Waals surface area (Å²) in [5, 5.41) is 11.6. The maximum Gasteiger partial charge on any atom is 0.335 e. The molecule has 1 aromatic rings. The molecular weight excluding hydrogens is 256 g/mol. The van der Waals surface area contributed by atoms with E-state index in [1.807, 2.05) is 4.90 Å². The predicted octanol–water partition coefficient (Wildman–Crippen LogP) is 2.89. The van der Waals surface area contributed by atoms with Crippen molar-refractivity contribution in [2.24, 2.45) is 11.8 Å². The van der Waals surface area contributed by atoms with Crippen molar-refractivity contribution in [2.45, 2.75) is 20.3 Å². The van der Waals surface area contributed by atoms with Crippen molar-refractivity contribution in [2.75, 3.05) is 18.4 Å². The Hall–Kier alpha value is -2.04. The topological polar surface area (TPSA) is 69.6 Å². The van der Waals surface area contributed by atoms with Crippen molar-refractivity contribution in [3.63, 3.8) is 0 Å². The van der Waals surface area contributed by atoms with Gasteiger partial charge in [0, 0.05) is 18.8 Å². The Labute approximate surface area is 118 Å². The lowest BCUT2D eigenvalue weighted by molar-refractivity contribution is 0.0697. The van der Waals surface area contributed by atoms with Crippen molar-refractivity contribution < 1.29 is 14.7 Å². The number of urea groups is 1. The molecule has 0 spiro atoms. The molecular formula is C15H20N2O3. The molecule has 1 atom stereocenters. The number of carbonyl (C=O) groups is 2. The minimum absolute atomic E-state index is 0.115. The van der Waals surface area contributed by atoms with Crippen molar-refractivity contribution in [1.82, 2.24) is 4.90 Å². The Balaban J connectivity index is 1.93. The van der Waals surface area contributed by atoms with Gasteiger partial charge in [-0.05, 0) is 42.5 Å². The van der Waals surface area contributed by atoms with Crippen LogP contribution < -0.4 is 5.32 Å². The summed E-state index contributed by atoms with van der Waals surface area (Å²) in [6, 6.07) is 6.07. The number of anilines is 1. The number of aromatic carboxylic acids is 1. The molecule has 2 rings (SSSR count). The number of nitrogens with one attached hydrogen (secondary N) is 1. The van der Waals surface area contributed by atoms with Gasteiger partial charge in [0.1, 0.15) is 0 Å². The first-order valence-electron chi connectivity index (χ1n) is 6.86. The number of carboxylic acids is 1. The second-order valence-corrected chi connectivity index (χ2v) is 5.55. The second kappa shape index (κ2) is 5.94. The zero-order valence-electron chi connectivity index (χ0n) is 11.8. The fourth-order valence-corrected chi connectivity index (χ4v) is 2.41. The van der Waals surface area contributed by atoms with E-state index in [0.29, 0.717) is 17.5 Å². The minimum atomic E-state index is -0.970. The van der Waals surface area contributed by atoms with Crippen LogP contribution in [0.3, 0.4) is 0 Å². The summed E-state index contributed by atoms with van der Waals surface area (Å²) in [6.07, 6.45) is 1.04. The summed E-state index contributed by atoms with van der Waals surface area (Å²) in [7, 11) is 0. The molecule has 0 aliphatic carbocycles. The summed E-state index contributed by atoms with van der Waals surface area (Å²) >= 11 is 0. The molecule has 0 radical (unpaired) electrons. The third-order valence-corrected chi connectivity index (χ3v) is 3.84. The molecule has 0 bridgehead atoms. The molecule has 1 aliphatic heterocycles. The highest BCUT2D eigenvalue weighted by Crippen LogP contribution is 2.24. The van der Waals surface area contributed by atoms with Gasteiger partial charge < -0.3 is 15.3 Å². The van der Waals surface area contributed by atoms with E-state index in [1.54, 1.807) is 12.1 Å². The van der Waals surface area contributed by atoms with Gasteiger partial charge in [-0.15, -0.1) is 0 Å². The predicted molar refractivity (Wildman–Crippen MR) is 76.9 cm³/mol. The number of carboxylic acid groups (broad SMARTS) is 1. The van der Waals surface area contributed by atoms with E-state index in [-0.39, 0.29) is 11.6 Å². The summed E-state index contributed by atoms with van der Waals surface area (Å²) in [6.45, 7) is 5.92. The van der Waals surface area contributed by atoms with Gasteiger partial charge in [-0.25, -0.2) is 9.59 Å². The van der Waals surface area contributed by atoms with Gasteiger partial charge in [-0.2, -0.15) is 0 Å². The van der Waals surface area contributed by atoms with Crippen molar-refractivity contribution in [3.8, 4) is 0 Å². The monoisotopic (exact) mass is 276 g/mol. The van der Waals surface area contributed by atoms with E-state index < -0.39 is 5.97 Å². The average molecular weight is 276 g/mol. The third-order valence-electron chi connectivity index (χ3n) is 3.84. The molecule has 2 amide bonds. The van der Waals surface area contributed by atoms with Crippen molar-refractivity contribution in [1.29, 1.82) is 0 Å². The van der Waals surface area contributed by atoms with Gasteiger partial charge >= 0.3 is 12.0 Å². The van der Waals surface area contributed by atoms with Gasteiger partial charge in [-0.1, -0.05) is 13.8 Å². The largest absolute Gasteiger partial charge is 0.478 e. The number of nitrogens with zero attached hydrogens (tertiary/aromatic N) is 1. The molecule has 5 heteroatoms. The normalized spacial score (nSPS) is 18.4. The number of hydrogen-bond acceptors (Lipinski definition) is 2. The number of rotatable bonds is 3. The first-order valence-corrected chi connectivity index (χ1v) is 6.86. The number of hydrogen-bond donors (Lipinski definition) is 2. The van der Waals surface area contributed by atoms with Crippen LogP contribution in [0.25, 0.3) is 0 Å². The molecule has 1 heterocycles. The van der Waals surface area contributed by atoms with E-state index in [9.17, 15) is 9.59 Å². The zero-order valence-corrected chi connectivity index (χ0v) is 11.8. The molecule has 1 aromatic carbocycles. The van der Waals surface area contributed by atoms with Gasteiger partial charge in [0.05, 0.1) is 5.56 Å². The summed E-state index contributed by atoms with van der Waals surface area (Å²) < 4.78 is 0. The molecule has 5 nitrogen and oxygen atoms in total. The van der Waals surface area contributed by atoms with Crippen LogP contribution in [-0.4, -0.2) is 35.1 Å². The van der Waals surface area contributed by atoms with E-state index in [1.165, 1.54) is 12.1 Å². The number of benzene rings is 1. The average Bonchev–Trinajstić information content (AvgIpc) is 2.89. The standard InChI is InChI=1S/C15H20N2O3/c1-10(2)12-7-8-17(9-12)15(20)16-13-5-3-11(4-6-13)14(18)19/h3-6,10,12H,7-9H2,1-2H3,(H,16,20)(H,18,19). The van der Waals surface area contributed by atoms with Crippen LogP contribution >= 0.6 is 0 Å². The van der Waals surface area contributed by atoms with E-state index in [4.69, 9.17) is 5.11 Å². The minimum Gasteiger partial charge on any atom is -0.478 e. The molecule has 0 saturated carbocycles. The molecule has 1 unspecified atom stereocenters. The van der Waals surface area contributed by atoms with Crippen LogP contribution in [0.5, 0.6) is 0 Å². The van der Waals surface area contributed by atoms with Crippen molar-refractivity contribution >= 4 is 17.7 Å². The highest BCUT2D eigenvalue weighted by Gasteiger charge is 2.27. The Kier molecular flexibility index (Phi) is 4.27. The lowest BCUT2D eigenvalue weighted by atomic mass is 9.95. The summed E-state index contributed by atoms with van der Waals surface area (Å²) in [5.41, 5.74) is 0.831. The van der Waals surface area contributed by atoms with Gasteiger partial charge in [-0.3, -0.25) is 0 Å². The van der Waals surface area contributed by atoms with E-state index in [0.717, 1.165) is 19.5 Å². The number of carbonyl (C=O) groups excluding carboxylic acids is 1. The number of likely N-dealkylation sites (tertiary alicyclic amines) is 1. The first-order chi connectivity index (χ1) is 9.47. The van der Waals surface area contributed by atoms with Gasteiger partial charge in [0.15, 0.2) is 0 Å². The Bertz CT molecular complexity index is 496. The highest BCUT2D eigenvalue weighted by molar-refractivity contribution is 5.91. The van der Waals surface area contributed by atoms with E-state index >= 15 is 0 Å². The van der Waals surface area contributed by atoms with Crippen LogP contribution in [0.4, 0.5) is 10.5 Å². The fraction of sp³-hybridized carbons (Fsp3) is 0.467. The molecule has 1 saturated heterocycles. The molecule has 2 N–H and O–H groups in total. The van der Waals surface area contributed by atoms with Crippen LogP contribution in [0.15, 0.2) is 24.3 Å². The SMILES string of the molecule is CC(C)C1CCN(C(=O)Nc2ccc(C(=O)O)cc2)C1.